The normalized spacial score (nSPS) is 10.7. The second-order valence-electron chi connectivity index (χ2n) is 5.39. The van der Waals surface area contributed by atoms with Crippen molar-refractivity contribution in [3.8, 4) is 11.4 Å². The molecule has 3 N–H and O–H groups in total. The van der Waals surface area contributed by atoms with E-state index in [1.54, 1.807) is 0 Å². The summed E-state index contributed by atoms with van der Waals surface area (Å²) in [5.41, 5.74) is 8.89. The Morgan fingerprint density at radius 1 is 1.12 bits per heavy atom. The summed E-state index contributed by atoms with van der Waals surface area (Å²) in [5, 5.41) is 9.39. The molecule has 0 spiro atoms. The number of imidazole rings is 1. The molecule has 0 aliphatic carbocycles. The fraction of sp³-hybridized carbons (Fsp3) is 0.111. The zero-order valence-corrected chi connectivity index (χ0v) is 13.6. The lowest BCUT2D eigenvalue weighted by Crippen LogP contribution is -2.11. The van der Waals surface area contributed by atoms with Crippen LogP contribution in [0.1, 0.15) is 11.3 Å². The molecule has 3 rings (SSSR count). The van der Waals surface area contributed by atoms with Crippen molar-refractivity contribution in [1.82, 2.24) is 9.55 Å². The number of hydrogen-bond donors (Lipinski definition) is 2. The van der Waals surface area contributed by atoms with Crippen LogP contribution in [0.2, 0.25) is 5.15 Å². The van der Waals surface area contributed by atoms with Crippen molar-refractivity contribution in [2.24, 2.45) is 0 Å². The molecule has 1 aromatic heterocycles. The summed E-state index contributed by atoms with van der Waals surface area (Å²) < 4.78 is 1.82. The summed E-state index contributed by atoms with van der Waals surface area (Å²) in [5.74, 6) is -0.334. The lowest BCUT2D eigenvalue weighted by atomic mass is 10.1. The third-order valence-corrected chi connectivity index (χ3v) is 4.06. The number of benzene rings is 2. The van der Waals surface area contributed by atoms with E-state index in [4.69, 9.17) is 17.3 Å². The highest BCUT2D eigenvalue weighted by molar-refractivity contribution is 6.30. The van der Waals surface area contributed by atoms with Gasteiger partial charge in [-0.15, -0.1) is 0 Å². The Morgan fingerprint density at radius 2 is 1.79 bits per heavy atom. The lowest BCUT2D eigenvalue weighted by molar-refractivity contribution is -0.136. The monoisotopic (exact) mass is 341 g/mol. The molecule has 1 heterocycles. The molecule has 0 saturated carbocycles. The standard InChI is InChI=1S/C18H16ClN3O2/c19-17-15(10-16(23)24)22(11-13-8-4-5-9-14(13)20)18(21-17)12-6-2-1-3-7-12/h1-9H,10-11,20H2,(H,23,24). The van der Waals surface area contributed by atoms with Gasteiger partial charge in [0.1, 0.15) is 5.82 Å². The highest BCUT2D eigenvalue weighted by Gasteiger charge is 2.20. The summed E-state index contributed by atoms with van der Waals surface area (Å²) >= 11 is 6.22. The number of carboxylic acids is 1. The Balaban J connectivity index is 2.13. The van der Waals surface area contributed by atoms with Gasteiger partial charge >= 0.3 is 5.97 Å². The smallest absolute Gasteiger partial charge is 0.309 e. The minimum atomic E-state index is -0.960. The number of nitrogens with two attached hydrogens (primary N) is 1. The van der Waals surface area contributed by atoms with E-state index in [1.165, 1.54) is 0 Å². The number of aliphatic carboxylic acids is 1. The maximum absolute atomic E-state index is 11.2. The number of carbonyl (C=O) groups is 1. The van der Waals surface area contributed by atoms with Gasteiger partial charge in [0, 0.05) is 11.3 Å². The van der Waals surface area contributed by atoms with Crippen molar-refractivity contribution in [2.45, 2.75) is 13.0 Å². The zero-order valence-electron chi connectivity index (χ0n) is 12.8. The van der Waals surface area contributed by atoms with E-state index >= 15 is 0 Å². The molecule has 0 radical (unpaired) electrons. The molecule has 2 aromatic carbocycles. The van der Waals surface area contributed by atoms with Gasteiger partial charge in [0.15, 0.2) is 5.15 Å². The zero-order chi connectivity index (χ0) is 17.1. The predicted octanol–water partition coefficient (Wildman–Crippen LogP) is 3.46. The minimum Gasteiger partial charge on any atom is -0.481 e. The molecule has 122 valence electrons. The molecule has 5 nitrogen and oxygen atoms in total. The molecule has 0 saturated heterocycles. The number of nitrogen functional groups attached to an aromatic ring is 1. The Morgan fingerprint density at radius 3 is 2.46 bits per heavy atom. The van der Waals surface area contributed by atoms with E-state index in [1.807, 2.05) is 59.2 Å². The van der Waals surface area contributed by atoms with Gasteiger partial charge in [-0.1, -0.05) is 60.1 Å². The molecule has 3 aromatic rings. The summed E-state index contributed by atoms with van der Waals surface area (Å²) in [7, 11) is 0. The molecular formula is C18H16ClN3O2. The second-order valence-corrected chi connectivity index (χ2v) is 5.75. The first-order valence-electron chi connectivity index (χ1n) is 7.41. The van der Waals surface area contributed by atoms with Crippen molar-refractivity contribution < 1.29 is 9.90 Å². The second kappa shape index (κ2) is 6.76. The lowest BCUT2D eigenvalue weighted by Gasteiger charge is -2.13. The maximum Gasteiger partial charge on any atom is 0.309 e. The third-order valence-electron chi connectivity index (χ3n) is 3.76. The van der Waals surface area contributed by atoms with Crippen LogP contribution in [0.5, 0.6) is 0 Å². The number of rotatable bonds is 5. The summed E-state index contributed by atoms with van der Waals surface area (Å²) in [6.07, 6.45) is -0.203. The van der Waals surface area contributed by atoms with Gasteiger partial charge in [-0.3, -0.25) is 4.79 Å². The summed E-state index contributed by atoms with van der Waals surface area (Å²) in [6.45, 7) is 0.402. The van der Waals surface area contributed by atoms with Crippen LogP contribution in [0.4, 0.5) is 5.69 Å². The number of aromatic nitrogens is 2. The minimum absolute atomic E-state index is 0.200. The van der Waals surface area contributed by atoms with E-state index in [2.05, 4.69) is 4.98 Å². The predicted molar refractivity (Wildman–Crippen MR) is 94.0 cm³/mol. The molecule has 0 atom stereocenters. The molecule has 6 heteroatoms. The molecule has 0 fully saturated rings. The van der Waals surface area contributed by atoms with Crippen LogP contribution in [0, 0.1) is 0 Å². The van der Waals surface area contributed by atoms with Crippen LogP contribution in [-0.4, -0.2) is 20.6 Å². The van der Waals surface area contributed by atoms with Gasteiger partial charge in [0.25, 0.3) is 0 Å². The summed E-state index contributed by atoms with van der Waals surface area (Å²) in [4.78, 5) is 15.6. The van der Waals surface area contributed by atoms with Gasteiger partial charge in [-0.25, -0.2) is 4.98 Å². The maximum atomic E-state index is 11.2. The van der Waals surface area contributed by atoms with E-state index in [0.29, 0.717) is 23.8 Å². The average Bonchev–Trinajstić information content (AvgIpc) is 2.86. The van der Waals surface area contributed by atoms with E-state index in [-0.39, 0.29) is 11.6 Å². The summed E-state index contributed by atoms with van der Waals surface area (Å²) in [6, 6.07) is 17.0. The van der Waals surface area contributed by atoms with Crippen LogP contribution in [-0.2, 0) is 17.8 Å². The van der Waals surface area contributed by atoms with Gasteiger partial charge in [0.05, 0.1) is 18.7 Å². The van der Waals surface area contributed by atoms with Crippen molar-refractivity contribution in [3.05, 3.63) is 71.0 Å². The van der Waals surface area contributed by atoms with Crippen LogP contribution in [0.25, 0.3) is 11.4 Å². The van der Waals surface area contributed by atoms with Gasteiger partial charge in [-0.05, 0) is 11.6 Å². The van der Waals surface area contributed by atoms with Gasteiger partial charge in [-0.2, -0.15) is 0 Å². The van der Waals surface area contributed by atoms with Crippen molar-refractivity contribution >= 4 is 23.3 Å². The van der Waals surface area contributed by atoms with Crippen LogP contribution < -0.4 is 5.73 Å². The first kappa shape index (κ1) is 16.1. The fourth-order valence-corrected chi connectivity index (χ4v) is 2.84. The van der Waals surface area contributed by atoms with Crippen molar-refractivity contribution in [2.75, 3.05) is 5.73 Å². The highest BCUT2D eigenvalue weighted by Crippen LogP contribution is 2.28. The topological polar surface area (TPSA) is 81.1 Å². The number of nitrogens with zero attached hydrogens (tertiary/aromatic N) is 2. The molecule has 0 unspecified atom stereocenters. The van der Waals surface area contributed by atoms with Gasteiger partial charge < -0.3 is 15.4 Å². The SMILES string of the molecule is Nc1ccccc1Cn1c(-c2ccccc2)nc(Cl)c1CC(=O)O. The quantitative estimate of drug-likeness (QED) is 0.696. The first-order chi connectivity index (χ1) is 11.6. The number of carboxylic acid groups (broad SMARTS) is 1. The van der Waals surface area contributed by atoms with Crippen molar-refractivity contribution in [3.63, 3.8) is 0 Å². The third kappa shape index (κ3) is 3.26. The van der Waals surface area contributed by atoms with E-state index < -0.39 is 5.97 Å². The molecule has 0 aliphatic rings. The van der Waals surface area contributed by atoms with Crippen LogP contribution in [0.3, 0.4) is 0 Å². The largest absolute Gasteiger partial charge is 0.481 e. The molecule has 24 heavy (non-hydrogen) atoms. The molecular weight excluding hydrogens is 326 g/mol. The van der Waals surface area contributed by atoms with Gasteiger partial charge in [0.2, 0.25) is 0 Å². The van der Waals surface area contributed by atoms with Crippen LogP contribution >= 0.6 is 11.6 Å². The average molecular weight is 342 g/mol. The Kier molecular flexibility index (Phi) is 4.53. The van der Waals surface area contributed by atoms with E-state index in [0.717, 1.165) is 11.1 Å². The first-order valence-corrected chi connectivity index (χ1v) is 7.79. The number of para-hydroxylation sites is 1. The van der Waals surface area contributed by atoms with E-state index in [9.17, 15) is 9.90 Å². The molecule has 0 amide bonds. The number of halogens is 1. The fourth-order valence-electron chi connectivity index (χ4n) is 2.60. The Hall–Kier alpha value is -2.79. The van der Waals surface area contributed by atoms with Crippen LogP contribution in [0.15, 0.2) is 54.6 Å². The Labute approximate surface area is 144 Å². The molecule has 0 bridgehead atoms. The number of anilines is 1. The van der Waals surface area contributed by atoms with Crippen molar-refractivity contribution in [1.29, 1.82) is 0 Å². The molecule has 0 aliphatic heterocycles. The highest BCUT2D eigenvalue weighted by atomic mass is 35.5. The number of hydrogen-bond acceptors (Lipinski definition) is 3. The Bertz CT molecular complexity index is 875.